The van der Waals surface area contributed by atoms with Crippen molar-refractivity contribution in [3.05, 3.63) is 69.9 Å². The first kappa shape index (κ1) is 31.3. The average molecular weight is 626 g/mol. The van der Waals surface area contributed by atoms with E-state index in [4.69, 9.17) is 4.74 Å². The van der Waals surface area contributed by atoms with Crippen LogP contribution in [-0.2, 0) is 21.9 Å². The molecular weight excluding hydrogens is 596 g/mol. The number of nitrogens with one attached hydrogen (secondary N) is 1. The average Bonchev–Trinajstić information content (AvgIpc) is 2.99. The SMILES string of the molecule is O=C(COC1CCC(Nc2ccc([N+](=O)[O-])c(C(F)(F)F)c2)CC1)N1CCN(c2cnc3cccc(C(F)(F)F)c3c2)CC1. The second kappa shape index (κ2) is 12.5. The molecule has 5 rings (SSSR count). The van der Waals surface area contributed by atoms with E-state index < -0.39 is 34.1 Å². The molecule has 1 saturated carbocycles. The molecule has 44 heavy (non-hydrogen) atoms. The highest BCUT2D eigenvalue weighted by Gasteiger charge is 2.39. The summed E-state index contributed by atoms with van der Waals surface area (Å²) in [6, 6.07) is 8.05. The van der Waals surface area contributed by atoms with E-state index in [0.717, 1.165) is 18.2 Å². The van der Waals surface area contributed by atoms with Crippen molar-refractivity contribution in [2.24, 2.45) is 0 Å². The molecule has 0 radical (unpaired) electrons. The number of nitrogens with zero attached hydrogens (tertiary/aromatic N) is 4. The summed E-state index contributed by atoms with van der Waals surface area (Å²) >= 11 is 0. The Kier molecular flexibility index (Phi) is 8.86. The van der Waals surface area contributed by atoms with E-state index in [1.807, 2.05) is 4.90 Å². The van der Waals surface area contributed by atoms with Crippen LogP contribution >= 0.6 is 0 Å². The molecule has 0 spiro atoms. The number of amides is 1. The summed E-state index contributed by atoms with van der Waals surface area (Å²) in [5.41, 5.74) is -2.12. The summed E-state index contributed by atoms with van der Waals surface area (Å²) in [6.07, 6.45) is -5.73. The zero-order valence-electron chi connectivity index (χ0n) is 23.3. The molecule has 1 aliphatic carbocycles. The summed E-state index contributed by atoms with van der Waals surface area (Å²) in [7, 11) is 0. The van der Waals surface area contributed by atoms with Crippen LogP contribution in [0.15, 0.2) is 48.7 Å². The van der Waals surface area contributed by atoms with Gasteiger partial charge in [0.25, 0.3) is 5.69 Å². The number of benzene rings is 2. The molecule has 2 fully saturated rings. The van der Waals surface area contributed by atoms with Gasteiger partial charge in [0.15, 0.2) is 0 Å². The third kappa shape index (κ3) is 7.14. The Morgan fingerprint density at radius 3 is 2.27 bits per heavy atom. The van der Waals surface area contributed by atoms with Gasteiger partial charge >= 0.3 is 12.4 Å². The minimum absolute atomic E-state index is 0.0214. The first-order valence-electron chi connectivity index (χ1n) is 14.0. The number of aromatic nitrogens is 1. The summed E-state index contributed by atoms with van der Waals surface area (Å²) in [4.78, 5) is 30.5. The Balaban J connectivity index is 1.08. The van der Waals surface area contributed by atoms with E-state index in [0.29, 0.717) is 57.5 Å². The van der Waals surface area contributed by atoms with Gasteiger partial charge in [0.1, 0.15) is 12.2 Å². The topological polar surface area (TPSA) is 101 Å². The summed E-state index contributed by atoms with van der Waals surface area (Å²) < 4.78 is 86.1. The largest absolute Gasteiger partial charge is 0.423 e. The monoisotopic (exact) mass is 625 g/mol. The number of hydrogen-bond donors (Lipinski definition) is 1. The highest BCUT2D eigenvalue weighted by Crippen LogP contribution is 2.38. The maximum Gasteiger partial charge on any atom is 0.423 e. The first-order chi connectivity index (χ1) is 20.8. The molecule has 1 amide bonds. The second-order valence-electron chi connectivity index (χ2n) is 10.8. The fourth-order valence-electron chi connectivity index (χ4n) is 5.67. The predicted molar refractivity (Wildman–Crippen MR) is 149 cm³/mol. The number of carbonyl (C=O) groups is 1. The highest BCUT2D eigenvalue weighted by molar-refractivity contribution is 5.85. The highest BCUT2D eigenvalue weighted by atomic mass is 19.4. The zero-order valence-corrected chi connectivity index (χ0v) is 23.3. The number of alkyl halides is 6. The van der Waals surface area contributed by atoms with Gasteiger partial charge in [-0.15, -0.1) is 0 Å². The van der Waals surface area contributed by atoms with Crippen molar-refractivity contribution < 1.29 is 40.8 Å². The van der Waals surface area contributed by atoms with Gasteiger partial charge < -0.3 is 19.9 Å². The Bertz CT molecular complexity index is 1520. The lowest BCUT2D eigenvalue weighted by atomic mass is 9.92. The van der Waals surface area contributed by atoms with Crippen molar-refractivity contribution in [1.82, 2.24) is 9.88 Å². The van der Waals surface area contributed by atoms with Gasteiger partial charge in [0, 0.05) is 49.4 Å². The number of halogens is 6. The molecular formula is C29H29F6N5O4. The number of carbonyl (C=O) groups excluding carboxylic acids is 1. The lowest BCUT2D eigenvalue weighted by molar-refractivity contribution is -0.388. The second-order valence-corrected chi connectivity index (χ2v) is 10.8. The molecule has 0 atom stereocenters. The van der Waals surface area contributed by atoms with Gasteiger partial charge in [-0.1, -0.05) is 6.07 Å². The molecule has 15 heteroatoms. The van der Waals surface area contributed by atoms with Crippen molar-refractivity contribution in [3.63, 3.8) is 0 Å². The molecule has 1 N–H and O–H groups in total. The number of nitro groups is 1. The van der Waals surface area contributed by atoms with Crippen LogP contribution in [-0.4, -0.2) is 65.6 Å². The van der Waals surface area contributed by atoms with Crippen LogP contribution in [0.4, 0.5) is 43.4 Å². The Labute approximate surface area is 247 Å². The Morgan fingerprint density at radius 1 is 0.955 bits per heavy atom. The Morgan fingerprint density at radius 2 is 1.64 bits per heavy atom. The third-order valence-corrected chi connectivity index (χ3v) is 8.00. The third-order valence-electron chi connectivity index (χ3n) is 8.00. The van der Waals surface area contributed by atoms with Crippen LogP contribution in [0.2, 0.25) is 0 Å². The molecule has 3 aromatic rings. The zero-order chi connectivity index (χ0) is 31.6. The number of rotatable bonds is 7. The summed E-state index contributed by atoms with van der Waals surface area (Å²) in [6.45, 7) is 1.44. The van der Waals surface area contributed by atoms with Gasteiger partial charge in [0.05, 0.1) is 34.0 Å². The van der Waals surface area contributed by atoms with Gasteiger partial charge in [-0.2, -0.15) is 26.3 Å². The molecule has 1 aromatic heterocycles. The van der Waals surface area contributed by atoms with Gasteiger partial charge in [-0.25, -0.2) is 0 Å². The fraction of sp³-hybridized carbons (Fsp3) is 0.448. The molecule has 1 aliphatic heterocycles. The lowest BCUT2D eigenvalue weighted by Crippen LogP contribution is -2.50. The quantitative estimate of drug-likeness (QED) is 0.188. The minimum Gasteiger partial charge on any atom is -0.382 e. The van der Waals surface area contributed by atoms with E-state index in [1.54, 1.807) is 4.90 Å². The first-order valence-corrected chi connectivity index (χ1v) is 14.0. The van der Waals surface area contributed by atoms with Crippen LogP contribution in [0.25, 0.3) is 10.9 Å². The number of fused-ring (bicyclic) bond motifs is 1. The lowest BCUT2D eigenvalue weighted by Gasteiger charge is -2.36. The number of nitro benzene ring substituents is 1. The van der Waals surface area contributed by atoms with Crippen LogP contribution in [0.5, 0.6) is 0 Å². The predicted octanol–water partition coefficient (Wildman–Crippen LogP) is 6.27. The van der Waals surface area contributed by atoms with Crippen LogP contribution in [0, 0.1) is 10.1 Å². The molecule has 2 heterocycles. The van der Waals surface area contributed by atoms with Crippen molar-refractivity contribution >= 4 is 33.9 Å². The fourth-order valence-corrected chi connectivity index (χ4v) is 5.67. The molecule has 0 unspecified atom stereocenters. The van der Waals surface area contributed by atoms with E-state index in [1.165, 1.54) is 30.5 Å². The molecule has 1 saturated heterocycles. The van der Waals surface area contributed by atoms with Gasteiger partial charge in [-0.05, 0) is 56.0 Å². The van der Waals surface area contributed by atoms with Crippen molar-refractivity contribution in [3.8, 4) is 0 Å². The smallest absolute Gasteiger partial charge is 0.382 e. The number of anilines is 2. The Hall–Kier alpha value is -4.14. The van der Waals surface area contributed by atoms with E-state index in [2.05, 4.69) is 10.3 Å². The summed E-state index contributed by atoms with van der Waals surface area (Å²) in [5.74, 6) is -0.202. The molecule has 0 bridgehead atoms. The molecule has 2 aromatic carbocycles. The van der Waals surface area contributed by atoms with E-state index in [-0.39, 0.29) is 41.3 Å². The summed E-state index contributed by atoms with van der Waals surface area (Å²) in [5, 5.41) is 14.0. The van der Waals surface area contributed by atoms with Crippen molar-refractivity contribution in [2.75, 3.05) is 43.0 Å². The maximum absolute atomic E-state index is 13.5. The van der Waals surface area contributed by atoms with Gasteiger partial charge in [0.2, 0.25) is 5.91 Å². The maximum atomic E-state index is 13.5. The number of pyridine rings is 1. The molecule has 9 nitrogen and oxygen atoms in total. The van der Waals surface area contributed by atoms with Crippen LogP contribution in [0.1, 0.15) is 36.8 Å². The van der Waals surface area contributed by atoms with Crippen molar-refractivity contribution in [2.45, 2.75) is 50.2 Å². The van der Waals surface area contributed by atoms with E-state index >= 15 is 0 Å². The number of hydrogen-bond acceptors (Lipinski definition) is 7. The number of ether oxygens (including phenoxy) is 1. The molecule has 2 aliphatic rings. The molecule has 236 valence electrons. The van der Waals surface area contributed by atoms with Crippen LogP contribution < -0.4 is 10.2 Å². The van der Waals surface area contributed by atoms with Crippen LogP contribution in [0.3, 0.4) is 0 Å². The minimum atomic E-state index is -4.86. The van der Waals surface area contributed by atoms with E-state index in [9.17, 15) is 41.3 Å². The standard InChI is InChI=1S/C29H29F6N5O4/c30-28(31,32)23-2-1-3-25-22(23)15-20(16-36-25)38-10-12-39(13-11-38)27(41)17-44-21-7-4-18(5-8-21)37-19-6-9-26(40(42)43)24(14-19)29(33,34)35/h1-3,6,9,14-16,18,21,37H,4-5,7-8,10-13,17H2. The normalized spacial score (nSPS) is 19.7. The number of piperazine rings is 1. The van der Waals surface area contributed by atoms with Gasteiger partial charge in [-0.3, -0.25) is 19.9 Å². The van der Waals surface area contributed by atoms with Crippen molar-refractivity contribution in [1.29, 1.82) is 0 Å².